The van der Waals surface area contributed by atoms with Crippen LogP contribution in [0, 0.1) is 0 Å². The molecule has 1 aliphatic rings. The molecule has 1 fully saturated rings. The Labute approximate surface area is 162 Å². The summed E-state index contributed by atoms with van der Waals surface area (Å²) in [7, 11) is 0. The Balaban J connectivity index is 1.58. The van der Waals surface area contributed by atoms with E-state index in [0.717, 1.165) is 5.69 Å². The molecule has 1 heterocycles. The molecular weight excluding hydrogens is 373 g/mol. The lowest BCUT2D eigenvalue weighted by atomic mass is 10.1. The van der Waals surface area contributed by atoms with Gasteiger partial charge >= 0.3 is 6.03 Å². The molecule has 1 aliphatic heterocycles. The number of piperazine rings is 1. The summed E-state index contributed by atoms with van der Waals surface area (Å²) < 4.78 is 0. The number of Topliss-reactive ketones (excluding diaryl/α,β-unsaturated/α-hetero) is 1. The number of anilines is 2. The monoisotopic (exact) mass is 391 g/mol. The van der Waals surface area contributed by atoms with Gasteiger partial charge in [-0.05, 0) is 43.3 Å². The zero-order chi connectivity index (χ0) is 18.7. The molecule has 0 aliphatic carbocycles. The lowest BCUT2D eigenvalue weighted by molar-refractivity contribution is 0.101. The Morgan fingerprint density at radius 3 is 2.23 bits per heavy atom. The Bertz CT molecular complexity index is 816. The van der Waals surface area contributed by atoms with Gasteiger partial charge in [0.25, 0.3) is 0 Å². The van der Waals surface area contributed by atoms with Gasteiger partial charge in [-0.15, -0.1) is 0 Å². The SMILES string of the molecule is CC(=O)c1ccc(NC(=O)N2CCN(c3cccc(Cl)c3Cl)CC2)cc1. The van der Waals surface area contributed by atoms with E-state index in [1.165, 1.54) is 6.92 Å². The zero-order valence-corrected chi connectivity index (χ0v) is 15.8. The van der Waals surface area contributed by atoms with E-state index in [0.29, 0.717) is 47.5 Å². The first-order valence-corrected chi connectivity index (χ1v) is 9.07. The number of halogens is 2. The topological polar surface area (TPSA) is 52.7 Å². The summed E-state index contributed by atoms with van der Waals surface area (Å²) in [6.07, 6.45) is 0. The molecule has 1 N–H and O–H groups in total. The predicted octanol–water partition coefficient (Wildman–Crippen LogP) is 4.55. The molecule has 5 nitrogen and oxygen atoms in total. The van der Waals surface area contributed by atoms with Gasteiger partial charge in [0.15, 0.2) is 5.78 Å². The van der Waals surface area contributed by atoms with Crippen molar-refractivity contribution in [2.24, 2.45) is 0 Å². The minimum Gasteiger partial charge on any atom is -0.367 e. The second-order valence-electron chi connectivity index (χ2n) is 6.11. The molecule has 2 aromatic carbocycles. The summed E-state index contributed by atoms with van der Waals surface area (Å²) in [4.78, 5) is 27.6. The average Bonchev–Trinajstić information content (AvgIpc) is 2.64. The number of ketones is 1. The van der Waals surface area contributed by atoms with Crippen molar-refractivity contribution in [3.05, 3.63) is 58.1 Å². The van der Waals surface area contributed by atoms with E-state index >= 15 is 0 Å². The molecule has 0 atom stereocenters. The molecule has 0 unspecified atom stereocenters. The Morgan fingerprint density at radius 1 is 0.962 bits per heavy atom. The predicted molar refractivity (Wildman–Crippen MR) is 106 cm³/mol. The summed E-state index contributed by atoms with van der Waals surface area (Å²) in [5.41, 5.74) is 2.18. The Morgan fingerprint density at radius 2 is 1.62 bits per heavy atom. The first-order valence-electron chi connectivity index (χ1n) is 8.31. The van der Waals surface area contributed by atoms with Crippen LogP contribution in [0.15, 0.2) is 42.5 Å². The molecule has 0 saturated carbocycles. The highest BCUT2D eigenvalue weighted by Gasteiger charge is 2.23. The van der Waals surface area contributed by atoms with E-state index in [1.54, 1.807) is 35.2 Å². The van der Waals surface area contributed by atoms with Crippen molar-refractivity contribution in [3.63, 3.8) is 0 Å². The maximum Gasteiger partial charge on any atom is 0.321 e. The summed E-state index contributed by atoms with van der Waals surface area (Å²) >= 11 is 12.4. The number of benzene rings is 2. The number of amides is 2. The third-order valence-electron chi connectivity index (χ3n) is 4.38. The number of urea groups is 1. The first-order chi connectivity index (χ1) is 12.5. The second kappa shape index (κ2) is 7.98. The van der Waals surface area contributed by atoms with E-state index in [2.05, 4.69) is 10.2 Å². The highest BCUT2D eigenvalue weighted by Crippen LogP contribution is 2.32. The van der Waals surface area contributed by atoms with Gasteiger partial charge in [-0.3, -0.25) is 4.79 Å². The normalized spacial score (nSPS) is 14.3. The van der Waals surface area contributed by atoms with Crippen LogP contribution in [-0.4, -0.2) is 42.9 Å². The van der Waals surface area contributed by atoms with Gasteiger partial charge in [-0.2, -0.15) is 0 Å². The largest absolute Gasteiger partial charge is 0.367 e. The van der Waals surface area contributed by atoms with Crippen molar-refractivity contribution in [3.8, 4) is 0 Å². The summed E-state index contributed by atoms with van der Waals surface area (Å²) in [6, 6.07) is 12.3. The average molecular weight is 392 g/mol. The first kappa shape index (κ1) is 18.5. The highest BCUT2D eigenvalue weighted by atomic mass is 35.5. The highest BCUT2D eigenvalue weighted by molar-refractivity contribution is 6.43. The van der Waals surface area contributed by atoms with Crippen molar-refractivity contribution in [2.45, 2.75) is 6.92 Å². The number of nitrogens with zero attached hydrogens (tertiary/aromatic N) is 2. The van der Waals surface area contributed by atoms with Crippen LogP contribution in [0.2, 0.25) is 10.0 Å². The van der Waals surface area contributed by atoms with Gasteiger partial charge in [0, 0.05) is 37.4 Å². The molecule has 0 radical (unpaired) electrons. The summed E-state index contributed by atoms with van der Waals surface area (Å²) in [6.45, 7) is 4.03. The number of nitrogens with one attached hydrogen (secondary N) is 1. The maximum atomic E-state index is 12.4. The fourth-order valence-corrected chi connectivity index (χ4v) is 3.29. The van der Waals surface area contributed by atoms with E-state index in [9.17, 15) is 9.59 Å². The molecule has 7 heteroatoms. The molecule has 3 rings (SSSR count). The number of carbonyl (C=O) groups is 2. The van der Waals surface area contributed by atoms with E-state index in [4.69, 9.17) is 23.2 Å². The maximum absolute atomic E-state index is 12.4. The second-order valence-corrected chi connectivity index (χ2v) is 6.90. The summed E-state index contributed by atoms with van der Waals surface area (Å²) in [5, 5.41) is 3.93. The van der Waals surface area contributed by atoms with E-state index in [-0.39, 0.29) is 11.8 Å². The lowest BCUT2D eigenvalue weighted by Crippen LogP contribution is -2.50. The minimum atomic E-state index is -0.155. The van der Waals surface area contributed by atoms with Crippen LogP contribution in [0.3, 0.4) is 0 Å². The van der Waals surface area contributed by atoms with Crippen molar-refractivity contribution in [1.82, 2.24) is 4.90 Å². The molecule has 0 bridgehead atoms. The van der Waals surface area contributed by atoms with Gasteiger partial charge in [0.05, 0.1) is 15.7 Å². The fraction of sp³-hybridized carbons (Fsp3) is 0.263. The number of carbonyl (C=O) groups excluding carboxylic acids is 2. The van der Waals surface area contributed by atoms with Crippen LogP contribution >= 0.6 is 23.2 Å². The van der Waals surface area contributed by atoms with Crippen molar-refractivity contribution >= 4 is 46.4 Å². The van der Waals surface area contributed by atoms with Gasteiger partial charge in [0.1, 0.15) is 0 Å². The quantitative estimate of drug-likeness (QED) is 0.780. The molecule has 0 aromatic heterocycles. The van der Waals surface area contributed by atoms with Crippen molar-refractivity contribution in [1.29, 1.82) is 0 Å². The van der Waals surface area contributed by atoms with Crippen molar-refractivity contribution < 1.29 is 9.59 Å². The minimum absolute atomic E-state index is 0.00123. The molecule has 136 valence electrons. The molecule has 1 saturated heterocycles. The van der Waals surface area contributed by atoms with Crippen molar-refractivity contribution in [2.75, 3.05) is 36.4 Å². The zero-order valence-electron chi connectivity index (χ0n) is 14.3. The Hall–Kier alpha value is -2.24. The van der Waals surface area contributed by atoms with E-state index in [1.807, 2.05) is 12.1 Å². The fourth-order valence-electron chi connectivity index (χ4n) is 2.88. The third kappa shape index (κ3) is 4.11. The van der Waals surface area contributed by atoms with Crippen LogP contribution in [0.4, 0.5) is 16.2 Å². The van der Waals surface area contributed by atoms with Gasteiger partial charge in [-0.1, -0.05) is 29.3 Å². The summed E-state index contributed by atoms with van der Waals surface area (Å²) in [5.74, 6) is -0.00123. The van der Waals surface area contributed by atoms with Crippen LogP contribution < -0.4 is 10.2 Å². The number of rotatable bonds is 3. The third-order valence-corrected chi connectivity index (χ3v) is 5.19. The van der Waals surface area contributed by atoms with E-state index < -0.39 is 0 Å². The smallest absolute Gasteiger partial charge is 0.321 e. The van der Waals surface area contributed by atoms with Crippen LogP contribution in [0.1, 0.15) is 17.3 Å². The number of hydrogen-bond donors (Lipinski definition) is 1. The molecule has 0 spiro atoms. The molecule has 2 amide bonds. The van der Waals surface area contributed by atoms with Crippen LogP contribution in [-0.2, 0) is 0 Å². The molecular formula is C19H19Cl2N3O2. The Kier molecular flexibility index (Phi) is 5.69. The van der Waals surface area contributed by atoms with Gasteiger partial charge in [-0.25, -0.2) is 4.79 Å². The van der Waals surface area contributed by atoms with Crippen LogP contribution in [0.25, 0.3) is 0 Å². The van der Waals surface area contributed by atoms with Gasteiger partial charge in [0.2, 0.25) is 0 Å². The van der Waals surface area contributed by atoms with Gasteiger partial charge < -0.3 is 15.1 Å². The number of hydrogen-bond acceptors (Lipinski definition) is 3. The molecule has 2 aromatic rings. The molecule has 26 heavy (non-hydrogen) atoms. The lowest BCUT2D eigenvalue weighted by Gasteiger charge is -2.36. The standard InChI is InChI=1S/C19H19Cl2N3O2/c1-13(25)14-5-7-15(8-6-14)22-19(26)24-11-9-23(10-12-24)17-4-2-3-16(20)18(17)21/h2-8H,9-12H2,1H3,(H,22,26). The van der Waals surface area contributed by atoms with Crippen LogP contribution in [0.5, 0.6) is 0 Å².